The first kappa shape index (κ1) is 13.3. The maximum absolute atomic E-state index is 8.85. The van der Waals surface area contributed by atoms with Crippen molar-refractivity contribution in [2.45, 2.75) is 12.5 Å². The molecule has 0 saturated carbocycles. The number of aliphatic hydroxyl groups excluding tert-OH is 1. The van der Waals surface area contributed by atoms with E-state index in [0.29, 0.717) is 17.9 Å². The van der Waals surface area contributed by atoms with Gasteiger partial charge in [0.1, 0.15) is 16.0 Å². The van der Waals surface area contributed by atoms with Gasteiger partial charge in [0.25, 0.3) is 0 Å². The number of aliphatic hydroxyl groups is 1. The van der Waals surface area contributed by atoms with E-state index < -0.39 is 0 Å². The lowest BCUT2D eigenvalue weighted by molar-refractivity contribution is 0.276. The van der Waals surface area contributed by atoms with Crippen LogP contribution in [0.4, 0.5) is 0 Å². The zero-order chi connectivity index (χ0) is 12.1. The molecule has 4 nitrogen and oxygen atoms in total. The quantitative estimate of drug-likeness (QED) is 0.868. The lowest BCUT2D eigenvalue weighted by atomic mass is 10.0. The predicted octanol–water partition coefficient (Wildman–Crippen LogP) is 1.85. The Kier molecular flexibility index (Phi) is 5.05. The van der Waals surface area contributed by atoms with Crippen molar-refractivity contribution in [1.82, 2.24) is 0 Å². The molecule has 1 atom stereocenters. The van der Waals surface area contributed by atoms with E-state index in [1.807, 2.05) is 12.1 Å². The van der Waals surface area contributed by atoms with Gasteiger partial charge in [0.2, 0.25) is 0 Å². The Morgan fingerprint density at radius 3 is 2.19 bits per heavy atom. The van der Waals surface area contributed by atoms with Crippen LogP contribution < -0.4 is 15.2 Å². The molecule has 0 aromatic heterocycles. The Balaban J connectivity index is 3.11. The Morgan fingerprint density at radius 1 is 1.31 bits per heavy atom. The molecule has 90 valence electrons. The average Bonchev–Trinajstić information content (AvgIpc) is 2.29. The molecule has 0 aliphatic rings. The Hall–Kier alpha value is -0.780. The van der Waals surface area contributed by atoms with Crippen LogP contribution in [0.25, 0.3) is 0 Å². The summed E-state index contributed by atoms with van der Waals surface area (Å²) in [5, 5.41) is 8.85. The lowest BCUT2D eigenvalue weighted by Crippen LogP contribution is -2.12. The highest BCUT2D eigenvalue weighted by Crippen LogP contribution is 2.37. The summed E-state index contributed by atoms with van der Waals surface area (Å²) in [6, 6.07) is 3.46. The van der Waals surface area contributed by atoms with Crippen LogP contribution >= 0.6 is 15.9 Å². The Bertz CT molecular complexity index is 332. The minimum Gasteiger partial charge on any atom is -0.495 e. The molecule has 3 N–H and O–H groups in total. The van der Waals surface area contributed by atoms with E-state index in [0.717, 1.165) is 10.0 Å². The summed E-state index contributed by atoms with van der Waals surface area (Å²) in [4.78, 5) is 0. The van der Waals surface area contributed by atoms with Gasteiger partial charge in [0.05, 0.1) is 14.2 Å². The molecule has 0 saturated heterocycles. The van der Waals surface area contributed by atoms with Gasteiger partial charge in [-0.15, -0.1) is 0 Å². The first-order chi connectivity index (χ1) is 7.63. The van der Waals surface area contributed by atoms with Crippen molar-refractivity contribution in [3.05, 3.63) is 22.2 Å². The van der Waals surface area contributed by atoms with Gasteiger partial charge in [0, 0.05) is 12.6 Å². The smallest absolute Gasteiger partial charge is 0.137 e. The molecule has 1 aromatic rings. The van der Waals surface area contributed by atoms with Crippen LogP contribution in [0.15, 0.2) is 16.6 Å². The molecule has 5 heteroatoms. The molecule has 0 aliphatic carbocycles. The van der Waals surface area contributed by atoms with Crippen molar-refractivity contribution in [3.8, 4) is 11.5 Å². The topological polar surface area (TPSA) is 64.7 Å². The maximum Gasteiger partial charge on any atom is 0.137 e. The molecule has 1 aromatic carbocycles. The lowest BCUT2D eigenvalue weighted by Gasteiger charge is -2.15. The Morgan fingerprint density at radius 2 is 1.81 bits per heavy atom. The van der Waals surface area contributed by atoms with Gasteiger partial charge in [-0.2, -0.15) is 0 Å². The van der Waals surface area contributed by atoms with Gasteiger partial charge in [-0.05, 0) is 40.0 Å². The molecule has 0 aliphatic heterocycles. The van der Waals surface area contributed by atoms with Crippen molar-refractivity contribution in [1.29, 1.82) is 0 Å². The van der Waals surface area contributed by atoms with E-state index >= 15 is 0 Å². The summed E-state index contributed by atoms with van der Waals surface area (Å²) in [5.41, 5.74) is 6.80. The van der Waals surface area contributed by atoms with Crippen LogP contribution in [0.5, 0.6) is 11.5 Å². The van der Waals surface area contributed by atoms with E-state index in [9.17, 15) is 0 Å². The van der Waals surface area contributed by atoms with Crippen molar-refractivity contribution in [2.75, 3.05) is 20.8 Å². The first-order valence-electron chi connectivity index (χ1n) is 4.91. The van der Waals surface area contributed by atoms with Crippen molar-refractivity contribution < 1.29 is 14.6 Å². The standard InChI is InChI=1S/C11H16BrNO3/c1-15-9-5-7(8(13)3-4-14)6-10(16-2)11(9)12/h5-6,8,14H,3-4,13H2,1-2H3/t8-/m0/s1. The number of hydrogen-bond acceptors (Lipinski definition) is 4. The summed E-state index contributed by atoms with van der Waals surface area (Å²) in [7, 11) is 3.17. The number of methoxy groups -OCH3 is 2. The van der Waals surface area contributed by atoms with Crippen LogP contribution in [0.2, 0.25) is 0 Å². The minimum absolute atomic E-state index is 0.0574. The number of nitrogens with two attached hydrogens (primary N) is 1. The summed E-state index contributed by atoms with van der Waals surface area (Å²) >= 11 is 3.38. The molecule has 0 spiro atoms. The van der Waals surface area contributed by atoms with Crippen molar-refractivity contribution in [2.24, 2.45) is 5.73 Å². The monoisotopic (exact) mass is 289 g/mol. The largest absolute Gasteiger partial charge is 0.495 e. The zero-order valence-electron chi connectivity index (χ0n) is 9.37. The molecule has 0 heterocycles. The third-order valence-corrected chi connectivity index (χ3v) is 3.12. The third kappa shape index (κ3) is 2.87. The molecule has 16 heavy (non-hydrogen) atoms. The fraction of sp³-hybridized carbons (Fsp3) is 0.455. The number of benzene rings is 1. The number of rotatable bonds is 5. The Labute approximate surface area is 103 Å². The molecule has 1 rings (SSSR count). The van der Waals surface area contributed by atoms with Gasteiger partial charge < -0.3 is 20.3 Å². The van der Waals surface area contributed by atoms with Gasteiger partial charge in [0.15, 0.2) is 0 Å². The second-order valence-corrected chi connectivity index (χ2v) is 4.15. The minimum atomic E-state index is -0.221. The summed E-state index contributed by atoms with van der Waals surface area (Å²) in [5.74, 6) is 1.34. The van der Waals surface area contributed by atoms with Crippen LogP contribution in [0.3, 0.4) is 0 Å². The van der Waals surface area contributed by atoms with Crippen LogP contribution in [-0.4, -0.2) is 25.9 Å². The summed E-state index contributed by atoms with van der Waals surface area (Å²) in [6.07, 6.45) is 0.508. The summed E-state index contributed by atoms with van der Waals surface area (Å²) < 4.78 is 11.2. The van der Waals surface area contributed by atoms with Crippen LogP contribution in [0, 0.1) is 0 Å². The van der Waals surface area contributed by atoms with E-state index in [1.165, 1.54) is 0 Å². The highest BCUT2D eigenvalue weighted by atomic mass is 79.9. The zero-order valence-corrected chi connectivity index (χ0v) is 11.0. The van der Waals surface area contributed by atoms with Crippen LogP contribution in [0.1, 0.15) is 18.0 Å². The number of ether oxygens (including phenoxy) is 2. The normalized spacial score (nSPS) is 12.3. The first-order valence-corrected chi connectivity index (χ1v) is 5.71. The van der Waals surface area contributed by atoms with Crippen molar-refractivity contribution in [3.63, 3.8) is 0 Å². The van der Waals surface area contributed by atoms with Crippen LogP contribution in [-0.2, 0) is 0 Å². The van der Waals surface area contributed by atoms with E-state index in [-0.39, 0.29) is 12.6 Å². The SMILES string of the molecule is COc1cc([C@@H](N)CCO)cc(OC)c1Br. The van der Waals surface area contributed by atoms with Gasteiger partial charge >= 0.3 is 0 Å². The molecule has 0 fully saturated rings. The fourth-order valence-electron chi connectivity index (χ4n) is 1.41. The molecule has 0 bridgehead atoms. The second-order valence-electron chi connectivity index (χ2n) is 3.36. The van der Waals surface area contributed by atoms with Gasteiger partial charge in [-0.3, -0.25) is 0 Å². The maximum atomic E-state index is 8.85. The van der Waals surface area contributed by atoms with E-state index in [4.69, 9.17) is 20.3 Å². The molecule has 0 amide bonds. The number of hydrogen-bond donors (Lipinski definition) is 2. The predicted molar refractivity (Wildman–Crippen MR) is 65.9 cm³/mol. The fourth-order valence-corrected chi connectivity index (χ4v) is 1.96. The van der Waals surface area contributed by atoms with E-state index in [1.54, 1.807) is 14.2 Å². The van der Waals surface area contributed by atoms with Gasteiger partial charge in [-0.1, -0.05) is 0 Å². The average molecular weight is 290 g/mol. The molecule has 0 unspecified atom stereocenters. The second kappa shape index (κ2) is 6.08. The molecular formula is C11H16BrNO3. The third-order valence-electron chi connectivity index (χ3n) is 2.34. The molecular weight excluding hydrogens is 274 g/mol. The van der Waals surface area contributed by atoms with Gasteiger partial charge in [-0.25, -0.2) is 0 Å². The van der Waals surface area contributed by atoms with Crippen molar-refractivity contribution >= 4 is 15.9 Å². The summed E-state index contributed by atoms with van der Waals surface area (Å²) in [6.45, 7) is 0.0574. The van der Waals surface area contributed by atoms with E-state index in [2.05, 4.69) is 15.9 Å². The number of halogens is 1. The molecule has 0 radical (unpaired) electrons. The highest BCUT2D eigenvalue weighted by molar-refractivity contribution is 9.10. The highest BCUT2D eigenvalue weighted by Gasteiger charge is 2.13.